The number of ether oxygens (including phenoxy) is 1. The number of rotatable bonds is 5. The molecular formula is C21H17FN4O4S2. The summed E-state index contributed by atoms with van der Waals surface area (Å²) in [7, 11) is -3.58. The summed E-state index contributed by atoms with van der Waals surface area (Å²) in [5.74, 6) is -0.890. The van der Waals surface area contributed by atoms with Crippen molar-refractivity contribution in [1.29, 1.82) is 5.41 Å². The molecule has 32 heavy (non-hydrogen) atoms. The van der Waals surface area contributed by atoms with Crippen LogP contribution in [0.2, 0.25) is 0 Å². The number of nitrogens with one attached hydrogen (secondary N) is 1. The summed E-state index contributed by atoms with van der Waals surface area (Å²) in [6.07, 6.45) is 1.47. The second-order valence-corrected chi connectivity index (χ2v) is 10.1. The number of hydrazone groups is 1. The molecule has 0 fully saturated rings. The van der Waals surface area contributed by atoms with Crippen LogP contribution in [-0.2, 0) is 21.2 Å². The number of aliphatic imine (C=N–C) groups is 1. The predicted octanol–water partition coefficient (Wildman–Crippen LogP) is 3.42. The molecule has 1 amide bonds. The summed E-state index contributed by atoms with van der Waals surface area (Å²) in [5.41, 5.74) is 1.02. The van der Waals surface area contributed by atoms with E-state index in [1.165, 1.54) is 19.1 Å². The van der Waals surface area contributed by atoms with Gasteiger partial charge in [-0.05, 0) is 41.6 Å². The van der Waals surface area contributed by atoms with Crippen molar-refractivity contribution in [2.75, 3.05) is 5.75 Å². The van der Waals surface area contributed by atoms with Crippen LogP contribution in [0.1, 0.15) is 18.1 Å². The fourth-order valence-corrected chi connectivity index (χ4v) is 4.99. The van der Waals surface area contributed by atoms with Gasteiger partial charge in [-0.25, -0.2) is 12.8 Å². The Kier molecular flexibility index (Phi) is 5.94. The quantitative estimate of drug-likeness (QED) is 0.668. The zero-order valence-electron chi connectivity index (χ0n) is 16.8. The molecule has 2 aliphatic heterocycles. The Morgan fingerprint density at radius 2 is 1.91 bits per heavy atom. The average Bonchev–Trinajstić information content (AvgIpc) is 3.22. The lowest BCUT2D eigenvalue weighted by Crippen LogP contribution is -2.35. The largest absolute Gasteiger partial charge is 0.489 e. The Hall–Kier alpha value is -3.31. The minimum Gasteiger partial charge on any atom is -0.489 e. The van der Waals surface area contributed by atoms with Gasteiger partial charge in [0.15, 0.2) is 5.84 Å². The Labute approximate surface area is 187 Å². The third kappa shape index (κ3) is 4.34. The summed E-state index contributed by atoms with van der Waals surface area (Å²) >= 11 is 0.754. The van der Waals surface area contributed by atoms with Gasteiger partial charge in [0.25, 0.3) is 5.91 Å². The van der Waals surface area contributed by atoms with Gasteiger partial charge >= 0.3 is 0 Å². The van der Waals surface area contributed by atoms with E-state index in [4.69, 9.17) is 10.1 Å². The van der Waals surface area contributed by atoms with Crippen molar-refractivity contribution in [2.24, 2.45) is 10.1 Å². The van der Waals surface area contributed by atoms with E-state index in [0.717, 1.165) is 16.8 Å². The van der Waals surface area contributed by atoms with Crippen molar-refractivity contribution >= 4 is 49.0 Å². The third-order valence-electron chi connectivity index (χ3n) is 4.63. The third-order valence-corrected chi connectivity index (χ3v) is 7.71. The van der Waals surface area contributed by atoms with Gasteiger partial charge in [-0.15, -0.1) is 5.10 Å². The molecule has 2 aliphatic rings. The number of hydrogen-bond donors (Lipinski definition) is 1. The Morgan fingerprint density at radius 1 is 1.19 bits per heavy atom. The molecule has 2 heterocycles. The molecule has 0 bridgehead atoms. The molecule has 2 aromatic carbocycles. The number of nitrogens with zero attached hydrogens (tertiary/aromatic N) is 3. The van der Waals surface area contributed by atoms with Crippen LogP contribution >= 0.6 is 11.8 Å². The molecule has 0 aromatic heterocycles. The van der Waals surface area contributed by atoms with E-state index in [9.17, 15) is 17.6 Å². The van der Waals surface area contributed by atoms with Gasteiger partial charge in [0, 0.05) is 5.56 Å². The van der Waals surface area contributed by atoms with Gasteiger partial charge in [0.2, 0.25) is 19.4 Å². The molecule has 4 rings (SSSR count). The first-order valence-electron chi connectivity index (χ1n) is 9.48. The van der Waals surface area contributed by atoms with Crippen molar-refractivity contribution in [3.05, 3.63) is 71.0 Å². The molecule has 0 unspecified atom stereocenters. The van der Waals surface area contributed by atoms with E-state index in [1.807, 2.05) is 0 Å². The summed E-state index contributed by atoms with van der Waals surface area (Å²) < 4.78 is 43.2. The Bertz CT molecular complexity index is 1300. The molecular weight excluding hydrogens is 455 g/mol. The van der Waals surface area contributed by atoms with E-state index >= 15 is 0 Å². The number of amides is 1. The number of hydrogen-bond acceptors (Lipinski definition) is 7. The molecule has 0 saturated carbocycles. The van der Waals surface area contributed by atoms with Gasteiger partial charge < -0.3 is 4.74 Å². The minimum atomic E-state index is -3.58. The normalized spacial score (nSPS) is 17.3. The molecule has 0 saturated heterocycles. The molecule has 0 radical (unpaired) electrons. The highest BCUT2D eigenvalue weighted by atomic mass is 32.3. The highest BCUT2D eigenvalue weighted by molar-refractivity contribution is 8.42. The Balaban J connectivity index is 1.51. The average molecular weight is 473 g/mol. The van der Waals surface area contributed by atoms with Gasteiger partial charge in [0.1, 0.15) is 18.2 Å². The molecule has 2 aromatic rings. The highest BCUT2D eigenvalue weighted by Gasteiger charge is 2.39. The van der Waals surface area contributed by atoms with E-state index in [0.29, 0.717) is 16.9 Å². The van der Waals surface area contributed by atoms with Crippen LogP contribution in [0.5, 0.6) is 5.75 Å². The highest BCUT2D eigenvalue weighted by Crippen LogP contribution is 2.30. The number of carbonyl (C=O) groups is 1. The van der Waals surface area contributed by atoms with Crippen LogP contribution in [0.25, 0.3) is 6.08 Å². The van der Waals surface area contributed by atoms with Crippen LogP contribution in [0.3, 0.4) is 0 Å². The number of thioether (sulfide) groups is 1. The smallest absolute Gasteiger partial charge is 0.283 e. The fraction of sp³-hybridized carbons (Fsp3) is 0.143. The fourth-order valence-electron chi connectivity index (χ4n) is 2.83. The number of sulfone groups is 1. The zero-order chi connectivity index (χ0) is 22.9. The van der Waals surface area contributed by atoms with Crippen molar-refractivity contribution in [3.8, 4) is 5.75 Å². The van der Waals surface area contributed by atoms with Crippen LogP contribution in [0.4, 0.5) is 4.39 Å². The standard InChI is InChI=1S/C21H17FN4O4S2/c1-2-32(28,29)21-25-26-18(23)16(19(27)24-20(26)31-21)11-13-7-9-15(10-8-13)30-12-14-5-3-4-6-17(14)22/h3-11,23H,2,12H2,1H3/b16-11+,23-18?. The summed E-state index contributed by atoms with van der Waals surface area (Å²) in [5, 5.41) is 13.4. The lowest BCUT2D eigenvalue weighted by atomic mass is 10.1. The molecule has 1 N–H and O–H groups in total. The van der Waals surface area contributed by atoms with Gasteiger partial charge in [-0.2, -0.15) is 10.0 Å². The summed E-state index contributed by atoms with van der Waals surface area (Å²) in [6.45, 7) is 1.56. The van der Waals surface area contributed by atoms with Crippen LogP contribution in [0, 0.1) is 11.2 Å². The second kappa shape index (κ2) is 8.67. The van der Waals surface area contributed by atoms with E-state index < -0.39 is 15.7 Å². The topological polar surface area (TPSA) is 112 Å². The van der Waals surface area contributed by atoms with Gasteiger partial charge in [-0.1, -0.05) is 37.3 Å². The Morgan fingerprint density at radius 3 is 2.59 bits per heavy atom. The number of benzene rings is 2. The lowest BCUT2D eigenvalue weighted by Gasteiger charge is -2.20. The van der Waals surface area contributed by atoms with Crippen LogP contribution in [-0.4, -0.2) is 40.5 Å². The molecule has 0 aliphatic carbocycles. The van der Waals surface area contributed by atoms with Crippen molar-refractivity contribution in [2.45, 2.75) is 13.5 Å². The first-order chi connectivity index (χ1) is 15.3. The number of amidine groups is 2. The summed E-state index contributed by atoms with van der Waals surface area (Å²) in [4.78, 5) is 16.3. The monoisotopic (exact) mass is 472 g/mol. The number of halogens is 1. The molecule has 0 spiro atoms. The van der Waals surface area contributed by atoms with Crippen LogP contribution < -0.4 is 4.74 Å². The van der Waals surface area contributed by atoms with Crippen molar-refractivity contribution in [3.63, 3.8) is 0 Å². The van der Waals surface area contributed by atoms with Gasteiger partial charge in [0.05, 0.1) is 11.3 Å². The first kappa shape index (κ1) is 21.9. The lowest BCUT2D eigenvalue weighted by molar-refractivity contribution is -0.114. The molecule has 11 heteroatoms. The number of fused-ring (bicyclic) bond motifs is 1. The molecule has 0 atom stereocenters. The predicted molar refractivity (Wildman–Crippen MR) is 122 cm³/mol. The molecule has 164 valence electrons. The maximum Gasteiger partial charge on any atom is 0.283 e. The summed E-state index contributed by atoms with van der Waals surface area (Å²) in [6, 6.07) is 13.0. The van der Waals surface area contributed by atoms with Crippen molar-refractivity contribution < 1.29 is 22.3 Å². The SMILES string of the molecule is CCS(=O)(=O)C1=NN2C(=N)/C(=C\c3ccc(OCc4ccccc4F)cc3)C(=O)N=C2S1. The van der Waals surface area contributed by atoms with Crippen molar-refractivity contribution in [1.82, 2.24) is 5.01 Å². The van der Waals surface area contributed by atoms with Crippen LogP contribution in [0.15, 0.2) is 64.2 Å². The molecule has 8 nitrogen and oxygen atoms in total. The number of carbonyl (C=O) groups excluding carboxylic acids is 1. The van der Waals surface area contributed by atoms with E-state index in [-0.39, 0.29) is 39.1 Å². The van der Waals surface area contributed by atoms with Gasteiger partial charge in [-0.3, -0.25) is 10.2 Å². The first-order valence-corrected chi connectivity index (χ1v) is 11.9. The maximum absolute atomic E-state index is 13.7. The zero-order valence-corrected chi connectivity index (χ0v) is 18.4. The second-order valence-electron chi connectivity index (χ2n) is 6.74. The van der Waals surface area contributed by atoms with E-state index in [2.05, 4.69) is 10.1 Å². The van der Waals surface area contributed by atoms with E-state index in [1.54, 1.807) is 42.5 Å². The maximum atomic E-state index is 13.7. The minimum absolute atomic E-state index is 0.0201.